The summed E-state index contributed by atoms with van der Waals surface area (Å²) in [6, 6.07) is 8.87. The summed E-state index contributed by atoms with van der Waals surface area (Å²) in [5.41, 5.74) is 1.53. The van der Waals surface area contributed by atoms with E-state index >= 15 is 0 Å². The van der Waals surface area contributed by atoms with Crippen LogP contribution in [0.1, 0.15) is 20.3 Å². The van der Waals surface area contributed by atoms with Crippen molar-refractivity contribution in [2.45, 2.75) is 26.3 Å². The van der Waals surface area contributed by atoms with Crippen LogP contribution in [-0.4, -0.2) is 32.3 Å². The highest BCUT2D eigenvalue weighted by atomic mass is 35.5. The second kappa shape index (κ2) is 8.06. The fourth-order valence-electron chi connectivity index (χ4n) is 3.01. The monoisotopic (exact) mass is 386 g/mol. The van der Waals surface area contributed by atoms with E-state index in [4.69, 9.17) is 11.6 Å². The first-order valence-corrected chi connectivity index (χ1v) is 9.33. The summed E-state index contributed by atoms with van der Waals surface area (Å²) in [6.45, 7) is 4.11. The average Bonchev–Trinajstić information content (AvgIpc) is 2.69. The molecule has 2 aromatic heterocycles. The summed E-state index contributed by atoms with van der Waals surface area (Å²) in [5, 5.41) is 14.0. The highest BCUT2D eigenvalue weighted by Crippen LogP contribution is 2.27. The number of rotatable bonds is 6. The van der Waals surface area contributed by atoms with Gasteiger partial charge in [-0.1, -0.05) is 50.1 Å². The molecular formula is C20H23ClN4O2. The molecule has 0 unspecified atom stereocenters. The van der Waals surface area contributed by atoms with Crippen LogP contribution in [0.25, 0.3) is 22.2 Å². The smallest absolute Gasteiger partial charge is 0.259 e. The van der Waals surface area contributed by atoms with E-state index in [2.05, 4.69) is 29.1 Å². The van der Waals surface area contributed by atoms with Crippen LogP contribution < -0.4 is 10.9 Å². The SMILES string of the molecule is CC[C@H](C)[C@@H](CO)Nc1ncc2cc(-c3ccccc3Cl)c(=O)n(C)c2n1. The number of aryl methyl sites for hydroxylation is 1. The molecule has 0 aliphatic carbocycles. The molecule has 0 amide bonds. The first-order valence-electron chi connectivity index (χ1n) is 8.95. The highest BCUT2D eigenvalue weighted by Gasteiger charge is 2.17. The molecule has 0 aliphatic heterocycles. The van der Waals surface area contributed by atoms with Crippen molar-refractivity contribution in [1.82, 2.24) is 14.5 Å². The molecule has 3 rings (SSSR count). The molecule has 0 bridgehead atoms. The predicted octanol–water partition coefficient (Wildman–Crippen LogP) is 3.47. The molecule has 142 valence electrons. The zero-order valence-corrected chi connectivity index (χ0v) is 16.4. The molecule has 1 aromatic carbocycles. The van der Waals surface area contributed by atoms with E-state index in [-0.39, 0.29) is 24.1 Å². The number of anilines is 1. The van der Waals surface area contributed by atoms with Crippen molar-refractivity contribution < 1.29 is 5.11 Å². The molecule has 7 heteroatoms. The first kappa shape index (κ1) is 19.3. The summed E-state index contributed by atoms with van der Waals surface area (Å²) < 4.78 is 1.50. The lowest BCUT2D eigenvalue weighted by Gasteiger charge is -2.22. The lowest BCUT2D eigenvalue weighted by atomic mass is 10.0. The number of nitrogens with zero attached hydrogens (tertiary/aromatic N) is 3. The Morgan fingerprint density at radius 3 is 2.70 bits per heavy atom. The minimum atomic E-state index is -0.180. The Kier molecular flexibility index (Phi) is 5.77. The number of nitrogens with one attached hydrogen (secondary N) is 1. The van der Waals surface area contributed by atoms with Crippen LogP contribution in [0.3, 0.4) is 0 Å². The predicted molar refractivity (Wildman–Crippen MR) is 109 cm³/mol. The molecule has 2 N–H and O–H groups in total. The van der Waals surface area contributed by atoms with E-state index in [9.17, 15) is 9.90 Å². The minimum Gasteiger partial charge on any atom is -0.394 e. The van der Waals surface area contributed by atoms with Crippen LogP contribution in [0.2, 0.25) is 5.02 Å². The standard InChI is InChI=1S/C20H23ClN4O2/c1-4-12(2)17(11-26)23-20-22-10-13-9-15(14-7-5-6-8-16(14)21)19(27)25(3)18(13)24-20/h5-10,12,17,26H,4,11H2,1-3H3,(H,22,23,24)/t12-,17+/m0/s1. The molecule has 0 spiro atoms. The van der Waals surface area contributed by atoms with Gasteiger partial charge in [0.25, 0.3) is 5.56 Å². The Bertz CT molecular complexity index is 1020. The third-order valence-corrected chi connectivity index (χ3v) is 5.28. The number of aliphatic hydroxyl groups excluding tert-OH is 1. The van der Waals surface area contributed by atoms with Crippen molar-refractivity contribution in [1.29, 1.82) is 0 Å². The topological polar surface area (TPSA) is 80.0 Å². The summed E-state index contributed by atoms with van der Waals surface area (Å²) in [5.74, 6) is 0.656. The van der Waals surface area contributed by atoms with Gasteiger partial charge in [-0.3, -0.25) is 9.36 Å². The zero-order valence-electron chi connectivity index (χ0n) is 15.6. The number of pyridine rings is 1. The molecule has 6 nitrogen and oxygen atoms in total. The Hall–Kier alpha value is -2.44. The number of aliphatic hydroxyl groups is 1. The maximum absolute atomic E-state index is 12.9. The minimum absolute atomic E-state index is 0.0131. The van der Waals surface area contributed by atoms with Crippen LogP contribution in [0.15, 0.2) is 41.3 Å². The molecule has 2 atom stereocenters. The van der Waals surface area contributed by atoms with Gasteiger partial charge in [0, 0.05) is 34.8 Å². The number of benzene rings is 1. The van der Waals surface area contributed by atoms with Gasteiger partial charge >= 0.3 is 0 Å². The van der Waals surface area contributed by atoms with Crippen LogP contribution in [-0.2, 0) is 7.05 Å². The number of hydrogen-bond donors (Lipinski definition) is 2. The van der Waals surface area contributed by atoms with Crippen LogP contribution in [0, 0.1) is 5.92 Å². The summed E-state index contributed by atoms with van der Waals surface area (Å²) in [7, 11) is 1.68. The van der Waals surface area contributed by atoms with Gasteiger partial charge in [0.05, 0.1) is 12.6 Å². The van der Waals surface area contributed by atoms with Gasteiger partial charge in [-0.05, 0) is 18.1 Å². The Balaban J connectivity index is 2.07. The molecule has 27 heavy (non-hydrogen) atoms. The van der Waals surface area contributed by atoms with Gasteiger partial charge in [0.1, 0.15) is 5.65 Å². The van der Waals surface area contributed by atoms with Gasteiger partial charge in [-0.2, -0.15) is 4.98 Å². The maximum atomic E-state index is 12.9. The third-order valence-electron chi connectivity index (χ3n) is 4.95. The van der Waals surface area contributed by atoms with Crippen LogP contribution in [0.4, 0.5) is 5.95 Å². The number of hydrogen-bond acceptors (Lipinski definition) is 5. The Labute approximate surface area is 162 Å². The Morgan fingerprint density at radius 2 is 2.04 bits per heavy atom. The molecule has 0 fully saturated rings. The quantitative estimate of drug-likeness (QED) is 0.678. The number of fused-ring (bicyclic) bond motifs is 1. The largest absolute Gasteiger partial charge is 0.394 e. The first-order chi connectivity index (χ1) is 13.0. The van der Waals surface area contributed by atoms with Crippen LogP contribution >= 0.6 is 11.6 Å². The number of halogens is 1. The molecule has 2 heterocycles. The summed E-state index contributed by atoms with van der Waals surface area (Å²) >= 11 is 6.26. The van der Waals surface area contributed by atoms with E-state index in [1.54, 1.807) is 25.4 Å². The summed E-state index contributed by atoms with van der Waals surface area (Å²) in [6.07, 6.45) is 2.60. The van der Waals surface area contributed by atoms with E-state index in [0.29, 0.717) is 27.7 Å². The Morgan fingerprint density at radius 1 is 1.30 bits per heavy atom. The molecule has 0 saturated heterocycles. The van der Waals surface area contributed by atoms with Crippen molar-refractivity contribution in [3.05, 3.63) is 51.9 Å². The second-order valence-electron chi connectivity index (χ2n) is 6.69. The molecule has 3 aromatic rings. The normalized spacial score (nSPS) is 13.5. The maximum Gasteiger partial charge on any atom is 0.259 e. The van der Waals surface area contributed by atoms with E-state index < -0.39 is 0 Å². The molecular weight excluding hydrogens is 364 g/mol. The van der Waals surface area contributed by atoms with Gasteiger partial charge in [-0.25, -0.2) is 4.98 Å². The molecule has 0 saturated carbocycles. The van der Waals surface area contributed by atoms with Crippen molar-refractivity contribution >= 4 is 28.6 Å². The lowest BCUT2D eigenvalue weighted by Crippen LogP contribution is -2.31. The summed E-state index contributed by atoms with van der Waals surface area (Å²) in [4.78, 5) is 21.7. The lowest BCUT2D eigenvalue weighted by molar-refractivity contribution is 0.240. The van der Waals surface area contributed by atoms with Crippen molar-refractivity contribution in [2.75, 3.05) is 11.9 Å². The fourth-order valence-corrected chi connectivity index (χ4v) is 3.24. The van der Waals surface area contributed by atoms with Crippen LogP contribution in [0.5, 0.6) is 0 Å². The highest BCUT2D eigenvalue weighted by molar-refractivity contribution is 6.33. The zero-order chi connectivity index (χ0) is 19.6. The van der Waals surface area contributed by atoms with Gasteiger partial charge in [0.15, 0.2) is 0 Å². The fraction of sp³-hybridized carbons (Fsp3) is 0.350. The third kappa shape index (κ3) is 3.82. The van der Waals surface area contributed by atoms with E-state index in [1.807, 2.05) is 18.2 Å². The van der Waals surface area contributed by atoms with Crippen molar-refractivity contribution in [3.8, 4) is 11.1 Å². The van der Waals surface area contributed by atoms with Gasteiger partial charge < -0.3 is 10.4 Å². The second-order valence-corrected chi connectivity index (χ2v) is 7.10. The number of aromatic nitrogens is 3. The van der Waals surface area contributed by atoms with Gasteiger partial charge in [-0.15, -0.1) is 0 Å². The average molecular weight is 387 g/mol. The van der Waals surface area contributed by atoms with E-state index in [0.717, 1.165) is 11.8 Å². The van der Waals surface area contributed by atoms with Crippen molar-refractivity contribution in [2.24, 2.45) is 13.0 Å². The molecule has 0 aliphatic rings. The molecule has 0 radical (unpaired) electrons. The van der Waals surface area contributed by atoms with E-state index in [1.165, 1.54) is 4.57 Å². The van der Waals surface area contributed by atoms with Gasteiger partial charge in [0.2, 0.25) is 5.95 Å². The van der Waals surface area contributed by atoms with Crippen molar-refractivity contribution in [3.63, 3.8) is 0 Å².